The predicted molar refractivity (Wildman–Crippen MR) is 82.0 cm³/mol. The summed E-state index contributed by atoms with van der Waals surface area (Å²) in [6, 6.07) is 1.76. The summed E-state index contributed by atoms with van der Waals surface area (Å²) in [4.78, 5) is 2.33. The van der Waals surface area contributed by atoms with E-state index in [0.717, 1.165) is 25.6 Å². The highest BCUT2D eigenvalue weighted by atomic mass is 79.9. The van der Waals surface area contributed by atoms with Gasteiger partial charge in [-0.3, -0.25) is 0 Å². The van der Waals surface area contributed by atoms with Gasteiger partial charge in [0.15, 0.2) is 0 Å². The van der Waals surface area contributed by atoms with Gasteiger partial charge in [0.25, 0.3) is 10.0 Å². The van der Waals surface area contributed by atoms with Crippen LogP contribution in [0, 0.1) is 5.92 Å². The maximum absolute atomic E-state index is 12.1. The van der Waals surface area contributed by atoms with Crippen LogP contribution in [0.5, 0.6) is 0 Å². The van der Waals surface area contributed by atoms with E-state index in [9.17, 15) is 8.42 Å². The van der Waals surface area contributed by atoms with Crippen LogP contribution in [0.2, 0.25) is 0 Å². The first kappa shape index (κ1) is 15.4. The Labute approximate surface area is 127 Å². The van der Waals surface area contributed by atoms with Gasteiger partial charge < -0.3 is 4.90 Å². The molecule has 2 heterocycles. The Morgan fingerprint density at radius 1 is 1.47 bits per heavy atom. The maximum Gasteiger partial charge on any atom is 0.251 e. The average molecular weight is 367 g/mol. The molecule has 19 heavy (non-hydrogen) atoms. The number of sulfonamides is 1. The van der Waals surface area contributed by atoms with Gasteiger partial charge in [-0.05, 0) is 59.2 Å². The molecule has 0 aromatic carbocycles. The second kappa shape index (κ2) is 6.67. The van der Waals surface area contributed by atoms with Crippen LogP contribution >= 0.6 is 27.3 Å². The third-order valence-electron chi connectivity index (χ3n) is 3.42. The molecule has 108 valence electrons. The predicted octanol–water partition coefficient (Wildman–Crippen LogP) is 2.52. The second-order valence-electron chi connectivity index (χ2n) is 4.98. The fourth-order valence-corrected chi connectivity index (χ4v) is 5.56. The van der Waals surface area contributed by atoms with Crippen LogP contribution in [0.25, 0.3) is 0 Å². The third kappa shape index (κ3) is 4.26. The molecule has 4 nitrogen and oxygen atoms in total. The molecule has 7 heteroatoms. The van der Waals surface area contributed by atoms with Crippen molar-refractivity contribution < 1.29 is 8.42 Å². The van der Waals surface area contributed by atoms with Gasteiger partial charge in [-0.15, -0.1) is 11.3 Å². The first-order chi connectivity index (χ1) is 8.99. The second-order valence-corrected chi connectivity index (χ2v) is 8.71. The lowest BCUT2D eigenvalue weighted by molar-refractivity contribution is 0.195. The quantitative estimate of drug-likeness (QED) is 0.870. The number of hydrogen-bond acceptors (Lipinski definition) is 4. The summed E-state index contributed by atoms with van der Waals surface area (Å²) in [6.45, 7) is 5.68. The highest BCUT2D eigenvalue weighted by Gasteiger charge is 2.20. The van der Waals surface area contributed by atoms with E-state index in [-0.39, 0.29) is 0 Å². The topological polar surface area (TPSA) is 49.4 Å². The largest absolute Gasteiger partial charge is 0.302 e. The molecule has 1 aliphatic rings. The van der Waals surface area contributed by atoms with Gasteiger partial charge in [0.2, 0.25) is 0 Å². The maximum atomic E-state index is 12.1. The molecule has 1 fully saturated rings. The van der Waals surface area contributed by atoms with Crippen LogP contribution in [0.1, 0.15) is 19.8 Å². The number of thiophene rings is 1. The highest BCUT2D eigenvalue weighted by Crippen LogP contribution is 2.27. The van der Waals surface area contributed by atoms with E-state index in [4.69, 9.17) is 0 Å². The molecule has 1 saturated heterocycles. The SMILES string of the molecule is CC1CCN(CCNS(=O)(=O)c2sccc2Br)CC1. The number of piperidine rings is 1. The lowest BCUT2D eigenvalue weighted by Gasteiger charge is -2.30. The van der Waals surface area contributed by atoms with Crippen molar-refractivity contribution in [2.24, 2.45) is 5.92 Å². The number of rotatable bonds is 5. The van der Waals surface area contributed by atoms with E-state index in [1.54, 1.807) is 11.4 Å². The van der Waals surface area contributed by atoms with Crippen molar-refractivity contribution in [2.75, 3.05) is 26.2 Å². The Hall–Kier alpha value is 0.0500. The minimum atomic E-state index is -3.36. The fourth-order valence-electron chi connectivity index (χ4n) is 2.16. The normalized spacial score (nSPS) is 18.8. The molecule has 0 bridgehead atoms. The summed E-state index contributed by atoms with van der Waals surface area (Å²) in [5, 5.41) is 1.77. The van der Waals surface area contributed by atoms with Crippen LogP contribution in [0.4, 0.5) is 0 Å². The van der Waals surface area contributed by atoms with Gasteiger partial charge in [0, 0.05) is 17.6 Å². The van der Waals surface area contributed by atoms with Gasteiger partial charge in [0.05, 0.1) is 0 Å². The standard InChI is InChI=1S/C12H19BrN2O2S2/c1-10-2-6-15(7-3-10)8-5-14-19(16,17)12-11(13)4-9-18-12/h4,9-10,14H,2-3,5-8H2,1H3. The van der Waals surface area contributed by atoms with E-state index >= 15 is 0 Å². The number of nitrogens with zero attached hydrogens (tertiary/aromatic N) is 1. The Morgan fingerprint density at radius 2 is 2.16 bits per heavy atom. The highest BCUT2D eigenvalue weighted by molar-refractivity contribution is 9.10. The van der Waals surface area contributed by atoms with Crippen LogP contribution < -0.4 is 4.72 Å². The molecule has 0 spiro atoms. The van der Waals surface area contributed by atoms with Crippen LogP contribution in [0.15, 0.2) is 20.1 Å². The molecule has 2 rings (SSSR count). The summed E-state index contributed by atoms with van der Waals surface area (Å²) < 4.78 is 27.8. The summed E-state index contributed by atoms with van der Waals surface area (Å²) >= 11 is 4.49. The van der Waals surface area contributed by atoms with Crippen LogP contribution in [-0.2, 0) is 10.0 Å². The molecule has 0 aliphatic carbocycles. The van der Waals surface area contributed by atoms with Crippen molar-refractivity contribution >= 4 is 37.3 Å². The number of halogens is 1. The fraction of sp³-hybridized carbons (Fsp3) is 0.667. The van der Waals surface area contributed by atoms with Gasteiger partial charge >= 0.3 is 0 Å². The van der Waals surface area contributed by atoms with Gasteiger partial charge in [-0.1, -0.05) is 6.92 Å². The van der Waals surface area contributed by atoms with Crippen molar-refractivity contribution in [1.82, 2.24) is 9.62 Å². The van der Waals surface area contributed by atoms with E-state index in [1.165, 1.54) is 24.2 Å². The molecule has 0 radical (unpaired) electrons. The Morgan fingerprint density at radius 3 is 2.74 bits per heavy atom. The number of likely N-dealkylation sites (tertiary alicyclic amines) is 1. The monoisotopic (exact) mass is 366 g/mol. The van der Waals surface area contributed by atoms with Crippen molar-refractivity contribution in [3.05, 3.63) is 15.9 Å². The molecule has 0 amide bonds. The third-order valence-corrected chi connectivity index (χ3v) is 7.56. The summed E-state index contributed by atoms with van der Waals surface area (Å²) in [7, 11) is -3.36. The summed E-state index contributed by atoms with van der Waals surface area (Å²) in [5.41, 5.74) is 0. The van der Waals surface area contributed by atoms with Crippen molar-refractivity contribution in [2.45, 2.75) is 24.0 Å². The minimum Gasteiger partial charge on any atom is -0.302 e. The smallest absolute Gasteiger partial charge is 0.251 e. The molecule has 0 atom stereocenters. The summed E-state index contributed by atoms with van der Waals surface area (Å²) in [6.07, 6.45) is 2.42. The van der Waals surface area contributed by atoms with E-state index in [0.29, 0.717) is 15.2 Å². The Balaban J connectivity index is 1.81. The molecule has 1 N–H and O–H groups in total. The first-order valence-electron chi connectivity index (χ1n) is 6.44. The molecular formula is C12H19BrN2O2S2. The summed E-state index contributed by atoms with van der Waals surface area (Å²) in [5.74, 6) is 0.801. The van der Waals surface area contributed by atoms with Crippen molar-refractivity contribution in [3.8, 4) is 0 Å². The zero-order valence-corrected chi connectivity index (χ0v) is 14.2. The van der Waals surface area contributed by atoms with Gasteiger partial charge in [-0.2, -0.15) is 0 Å². The van der Waals surface area contributed by atoms with Crippen molar-refractivity contribution in [3.63, 3.8) is 0 Å². The lowest BCUT2D eigenvalue weighted by Crippen LogP contribution is -2.39. The number of hydrogen-bond donors (Lipinski definition) is 1. The number of nitrogens with one attached hydrogen (secondary N) is 1. The van der Waals surface area contributed by atoms with E-state index in [2.05, 4.69) is 32.5 Å². The molecule has 1 aromatic heterocycles. The minimum absolute atomic E-state index is 0.361. The average Bonchev–Trinajstić information content (AvgIpc) is 2.79. The molecule has 0 saturated carbocycles. The molecule has 1 aliphatic heterocycles. The molecular weight excluding hydrogens is 348 g/mol. The Bertz CT molecular complexity index is 508. The zero-order chi connectivity index (χ0) is 13.9. The van der Waals surface area contributed by atoms with Crippen LogP contribution in [0.3, 0.4) is 0 Å². The molecule has 0 unspecified atom stereocenters. The first-order valence-corrected chi connectivity index (χ1v) is 9.59. The van der Waals surface area contributed by atoms with E-state index < -0.39 is 10.0 Å². The van der Waals surface area contributed by atoms with Gasteiger partial charge in [0.1, 0.15) is 4.21 Å². The van der Waals surface area contributed by atoms with Gasteiger partial charge in [-0.25, -0.2) is 13.1 Å². The zero-order valence-electron chi connectivity index (χ0n) is 10.9. The lowest BCUT2D eigenvalue weighted by atomic mass is 9.99. The van der Waals surface area contributed by atoms with E-state index in [1.807, 2.05) is 0 Å². The Kier molecular flexibility index (Phi) is 5.42. The van der Waals surface area contributed by atoms with Crippen molar-refractivity contribution in [1.29, 1.82) is 0 Å². The molecule has 1 aromatic rings. The van der Waals surface area contributed by atoms with Crippen LogP contribution in [-0.4, -0.2) is 39.5 Å².